The van der Waals surface area contributed by atoms with Crippen LogP contribution in [-0.2, 0) is 11.2 Å². The molecule has 0 saturated heterocycles. The Kier molecular flexibility index (Phi) is 3.13. The van der Waals surface area contributed by atoms with Gasteiger partial charge in [0.1, 0.15) is 0 Å². The predicted octanol–water partition coefficient (Wildman–Crippen LogP) is -0.868. The lowest BCUT2D eigenvalue weighted by Crippen LogP contribution is -2.16. The number of nitrogens with zero attached hydrogens (tertiary/aromatic N) is 3. The number of rotatable bonds is 4. The molecule has 1 rings (SSSR count). The van der Waals surface area contributed by atoms with E-state index in [2.05, 4.69) is 10.2 Å². The Labute approximate surface area is 79.7 Å². The van der Waals surface area contributed by atoms with Gasteiger partial charge in [0, 0.05) is 6.42 Å². The summed E-state index contributed by atoms with van der Waals surface area (Å²) in [6.45, 7) is 1.93. The molecule has 1 aromatic heterocycles. The summed E-state index contributed by atoms with van der Waals surface area (Å²) in [5.41, 5.74) is 4.97. The van der Waals surface area contributed by atoms with E-state index in [-0.39, 0.29) is 5.75 Å². The van der Waals surface area contributed by atoms with Crippen LogP contribution in [0, 0.1) is 0 Å². The van der Waals surface area contributed by atoms with E-state index in [4.69, 9.17) is 11.6 Å². The molecule has 0 bridgehead atoms. The molecule has 0 spiro atoms. The molecule has 0 aromatic carbocycles. The Hall–Kier alpha value is -1.24. The van der Waals surface area contributed by atoms with Gasteiger partial charge in [0.05, 0.1) is 5.75 Å². The van der Waals surface area contributed by atoms with Crippen molar-refractivity contribution in [2.75, 3.05) is 11.6 Å². The molecule has 4 N–H and O–H groups in total. The van der Waals surface area contributed by atoms with Gasteiger partial charge in [-0.05, 0) is 0 Å². The quantitative estimate of drug-likeness (QED) is 0.487. The maximum atomic E-state index is 10.5. The minimum absolute atomic E-state index is 0.166. The number of aromatic nitrogens is 3. The molecule has 13 heavy (non-hydrogen) atoms. The molecule has 0 aliphatic carbocycles. The summed E-state index contributed by atoms with van der Waals surface area (Å²) in [5, 5.41) is 8.14. The van der Waals surface area contributed by atoms with Gasteiger partial charge in [-0.2, -0.15) is 0 Å². The summed E-state index contributed by atoms with van der Waals surface area (Å²) < 4.78 is 1.37. The third-order valence-electron chi connectivity index (χ3n) is 1.39. The predicted molar refractivity (Wildman–Crippen MR) is 49.5 cm³/mol. The van der Waals surface area contributed by atoms with Crippen LogP contribution < -0.4 is 11.6 Å². The highest BCUT2D eigenvalue weighted by Crippen LogP contribution is 2.13. The molecule has 7 heteroatoms. The van der Waals surface area contributed by atoms with Crippen LogP contribution in [0.4, 0.5) is 0 Å². The number of primary amides is 1. The molecule has 1 amide bonds. The number of hydrogen-bond acceptors (Lipinski definition) is 5. The molecule has 0 fully saturated rings. The molecule has 0 saturated carbocycles. The number of thioether (sulfide) groups is 1. The molecule has 0 atom stereocenters. The lowest BCUT2D eigenvalue weighted by atomic mass is 10.5. The Morgan fingerprint density at radius 2 is 2.31 bits per heavy atom. The zero-order valence-corrected chi connectivity index (χ0v) is 8.04. The van der Waals surface area contributed by atoms with Gasteiger partial charge >= 0.3 is 0 Å². The standard InChI is InChI=1S/C6H11N5OS/c1-2-5-9-10-6(11(5)8)13-3-4(7)12/h2-3,8H2,1H3,(H2,7,12). The normalized spacial score (nSPS) is 10.2. The zero-order valence-electron chi connectivity index (χ0n) is 7.23. The molecule has 6 nitrogen and oxygen atoms in total. The molecular formula is C6H11N5OS. The average molecular weight is 201 g/mol. The second-order valence-electron chi connectivity index (χ2n) is 2.38. The Morgan fingerprint density at radius 1 is 1.62 bits per heavy atom. The van der Waals surface area contributed by atoms with Crippen LogP contribution in [0.25, 0.3) is 0 Å². The molecule has 0 unspecified atom stereocenters. The van der Waals surface area contributed by atoms with Crippen LogP contribution in [0.3, 0.4) is 0 Å². The Balaban J connectivity index is 2.67. The number of nitrogens with two attached hydrogens (primary N) is 2. The molecule has 72 valence electrons. The first-order chi connectivity index (χ1) is 6.15. The lowest BCUT2D eigenvalue weighted by molar-refractivity contribution is -0.115. The summed E-state index contributed by atoms with van der Waals surface area (Å²) in [5.74, 6) is 6.07. The topological polar surface area (TPSA) is 99.8 Å². The smallest absolute Gasteiger partial charge is 0.227 e. The second-order valence-corrected chi connectivity index (χ2v) is 3.32. The lowest BCUT2D eigenvalue weighted by Gasteiger charge is -1.99. The van der Waals surface area contributed by atoms with E-state index in [1.54, 1.807) is 0 Å². The first kappa shape index (κ1) is 9.85. The number of amides is 1. The van der Waals surface area contributed by atoms with Crippen molar-refractivity contribution in [1.82, 2.24) is 14.9 Å². The van der Waals surface area contributed by atoms with Gasteiger partial charge in [-0.25, -0.2) is 4.68 Å². The fourth-order valence-corrected chi connectivity index (χ4v) is 1.40. The first-order valence-electron chi connectivity index (χ1n) is 3.75. The van der Waals surface area contributed by atoms with E-state index in [9.17, 15) is 4.79 Å². The van der Waals surface area contributed by atoms with Crippen LogP contribution in [0.15, 0.2) is 5.16 Å². The fourth-order valence-electron chi connectivity index (χ4n) is 0.782. The van der Waals surface area contributed by atoms with Gasteiger partial charge in [0.25, 0.3) is 0 Å². The second kappa shape index (κ2) is 4.13. The minimum Gasteiger partial charge on any atom is -0.369 e. The van der Waals surface area contributed by atoms with Crippen LogP contribution >= 0.6 is 11.8 Å². The highest BCUT2D eigenvalue weighted by Gasteiger charge is 2.08. The SMILES string of the molecule is CCc1nnc(SCC(N)=O)n1N. The van der Waals surface area contributed by atoms with Crippen LogP contribution in [0.1, 0.15) is 12.7 Å². The summed E-state index contributed by atoms with van der Waals surface area (Å²) >= 11 is 1.18. The molecule has 0 aliphatic heterocycles. The highest BCUT2D eigenvalue weighted by atomic mass is 32.2. The van der Waals surface area contributed by atoms with Crippen molar-refractivity contribution in [3.8, 4) is 0 Å². The van der Waals surface area contributed by atoms with Crippen LogP contribution in [0.2, 0.25) is 0 Å². The summed E-state index contributed by atoms with van der Waals surface area (Å²) in [6.07, 6.45) is 0.709. The van der Waals surface area contributed by atoms with E-state index >= 15 is 0 Å². The van der Waals surface area contributed by atoms with E-state index < -0.39 is 5.91 Å². The number of carbonyl (C=O) groups excluding carboxylic acids is 1. The molecule has 0 radical (unpaired) electrons. The number of hydrogen-bond donors (Lipinski definition) is 2. The first-order valence-corrected chi connectivity index (χ1v) is 4.74. The maximum Gasteiger partial charge on any atom is 0.227 e. The molecular weight excluding hydrogens is 190 g/mol. The van der Waals surface area contributed by atoms with Crippen molar-refractivity contribution >= 4 is 17.7 Å². The van der Waals surface area contributed by atoms with E-state index in [0.717, 1.165) is 0 Å². The zero-order chi connectivity index (χ0) is 9.84. The van der Waals surface area contributed by atoms with Gasteiger partial charge in [-0.3, -0.25) is 4.79 Å². The van der Waals surface area contributed by atoms with Gasteiger partial charge in [-0.15, -0.1) is 10.2 Å². The van der Waals surface area contributed by atoms with Gasteiger partial charge in [0.2, 0.25) is 11.1 Å². The van der Waals surface area contributed by atoms with Crippen molar-refractivity contribution in [2.24, 2.45) is 5.73 Å². The average Bonchev–Trinajstić information content (AvgIpc) is 2.43. The number of aryl methyl sites for hydroxylation is 1. The van der Waals surface area contributed by atoms with Gasteiger partial charge in [0.15, 0.2) is 5.82 Å². The summed E-state index contributed by atoms with van der Waals surface area (Å²) in [6, 6.07) is 0. The fraction of sp³-hybridized carbons (Fsp3) is 0.500. The molecule has 1 aromatic rings. The number of nitrogen functional groups attached to an aromatic ring is 1. The van der Waals surface area contributed by atoms with Gasteiger partial charge in [-0.1, -0.05) is 18.7 Å². The van der Waals surface area contributed by atoms with Gasteiger partial charge < -0.3 is 11.6 Å². The largest absolute Gasteiger partial charge is 0.369 e. The summed E-state index contributed by atoms with van der Waals surface area (Å²) in [7, 11) is 0. The molecule has 0 aliphatic rings. The third kappa shape index (κ3) is 2.35. The van der Waals surface area contributed by atoms with Crippen molar-refractivity contribution < 1.29 is 4.79 Å². The van der Waals surface area contributed by atoms with E-state index in [1.165, 1.54) is 16.4 Å². The number of carbonyl (C=O) groups is 1. The van der Waals surface area contributed by atoms with E-state index in [1.807, 2.05) is 6.92 Å². The third-order valence-corrected chi connectivity index (χ3v) is 2.36. The van der Waals surface area contributed by atoms with Crippen molar-refractivity contribution in [2.45, 2.75) is 18.5 Å². The van der Waals surface area contributed by atoms with Crippen molar-refractivity contribution in [3.05, 3.63) is 5.82 Å². The Morgan fingerprint density at radius 3 is 2.77 bits per heavy atom. The van der Waals surface area contributed by atoms with Crippen LogP contribution in [0.5, 0.6) is 0 Å². The molecule has 1 heterocycles. The van der Waals surface area contributed by atoms with E-state index in [0.29, 0.717) is 17.4 Å². The maximum absolute atomic E-state index is 10.5. The minimum atomic E-state index is -0.397. The van der Waals surface area contributed by atoms with Crippen molar-refractivity contribution in [1.29, 1.82) is 0 Å². The highest BCUT2D eigenvalue weighted by molar-refractivity contribution is 7.99. The monoisotopic (exact) mass is 201 g/mol. The van der Waals surface area contributed by atoms with Crippen molar-refractivity contribution in [3.63, 3.8) is 0 Å². The van der Waals surface area contributed by atoms with Crippen LogP contribution in [-0.4, -0.2) is 26.5 Å². The Bertz CT molecular complexity index is 310. The summed E-state index contributed by atoms with van der Waals surface area (Å²) in [4.78, 5) is 10.5.